The van der Waals surface area contributed by atoms with E-state index in [-0.39, 0.29) is 0 Å². The molecule has 2 heterocycles. The fraction of sp³-hybridized carbons (Fsp3) is 0.182. The highest BCUT2D eigenvalue weighted by atomic mass is 32.2. The van der Waals surface area contributed by atoms with Crippen LogP contribution in [0, 0.1) is 0 Å². The predicted molar refractivity (Wildman–Crippen MR) is 61.0 cm³/mol. The smallest absolute Gasteiger partial charge is 0.116 e. The van der Waals surface area contributed by atoms with Crippen molar-refractivity contribution >= 4 is 11.8 Å². The second kappa shape index (κ2) is 5.05. The average molecular weight is 233 g/mol. The fourth-order valence-electron chi connectivity index (χ4n) is 1.19. The first-order valence-electron chi connectivity index (χ1n) is 4.83. The summed E-state index contributed by atoms with van der Waals surface area (Å²) < 4.78 is 0. The van der Waals surface area contributed by atoms with Gasteiger partial charge in [0.2, 0.25) is 0 Å². The fourth-order valence-corrected chi connectivity index (χ4v) is 1.94. The lowest BCUT2D eigenvalue weighted by Crippen LogP contribution is -1.92. The Kier molecular flexibility index (Phi) is 3.48. The van der Waals surface area contributed by atoms with Crippen molar-refractivity contribution < 1.29 is 5.11 Å². The highest BCUT2D eigenvalue weighted by Gasteiger charge is 2.04. The summed E-state index contributed by atoms with van der Waals surface area (Å²) in [7, 11) is 0. The van der Waals surface area contributed by atoms with Crippen LogP contribution in [-0.2, 0) is 0 Å². The molecule has 0 saturated carbocycles. The van der Waals surface area contributed by atoms with Gasteiger partial charge >= 0.3 is 0 Å². The summed E-state index contributed by atoms with van der Waals surface area (Å²) >= 11 is 1.45. The Bertz CT molecular complexity index is 462. The zero-order valence-electron chi connectivity index (χ0n) is 8.74. The molecule has 0 aliphatic heterocycles. The van der Waals surface area contributed by atoms with E-state index in [0.29, 0.717) is 0 Å². The second-order valence-electron chi connectivity index (χ2n) is 3.25. The van der Waals surface area contributed by atoms with Crippen LogP contribution in [0.1, 0.15) is 18.6 Å². The lowest BCUT2D eigenvalue weighted by Gasteiger charge is -2.05. The summed E-state index contributed by atoms with van der Waals surface area (Å²) in [6.45, 7) is 1.73. The quantitative estimate of drug-likeness (QED) is 0.822. The lowest BCUT2D eigenvalue weighted by atomic mass is 10.2. The van der Waals surface area contributed by atoms with E-state index in [2.05, 4.69) is 15.0 Å². The van der Waals surface area contributed by atoms with E-state index in [4.69, 9.17) is 0 Å². The number of aliphatic hydroxyl groups excluding tert-OH is 1. The van der Waals surface area contributed by atoms with Crippen LogP contribution in [0.5, 0.6) is 0 Å². The minimum atomic E-state index is -0.479. The summed E-state index contributed by atoms with van der Waals surface area (Å²) in [4.78, 5) is 12.2. The molecule has 1 N–H and O–H groups in total. The molecule has 0 bridgehead atoms. The third-order valence-electron chi connectivity index (χ3n) is 2.01. The molecule has 1 atom stereocenters. The molecule has 2 aromatic heterocycles. The topological polar surface area (TPSA) is 58.9 Å². The first-order valence-corrected chi connectivity index (χ1v) is 5.65. The zero-order valence-corrected chi connectivity index (χ0v) is 9.56. The van der Waals surface area contributed by atoms with Gasteiger partial charge in [-0.15, -0.1) is 0 Å². The first-order chi connectivity index (χ1) is 7.75. The highest BCUT2D eigenvalue weighted by Crippen LogP contribution is 2.25. The SMILES string of the molecule is C[C@H](O)c1ccnc(Sc2ccncn2)c1. The molecule has 0 unspecified atom stereocenters. The molecule has 2 rings (SSSR count). The minimum Gasteiger partial charge on any atom is -0.389 e. The van der Waals surface area contributed by atoms with Crippen LogP contribution in [0.25, 0.3) is 0 Å². The second-order valence-corrected chi connectivity index (χ2v) is 4.29. The molecule has 0 saturated heterocycles. The van der Waals surface area contributed by atoms with Gasteiger partial charge in [-0.1, -0.05) is 0 Å². The van der Waals surface area contributed by atoms with E-state index in [1.165, 1.54) is 18.1 Å². The van der Waals surface area contributed by atoms with Gasteiger partial charge in [-0.2, -0.15) is 0 Å². The van der Waals surface area contributed by atoms with Crippen LogP contribution < -0.4 is 0 Å². The maximum Gasteiger partial charge on any atom is 0.116 e. The van der Waals surface area contributed by atoms with Gasteiger partial charge in [0.05, 0.1) is 6.10 Å². The normalized spacial score (nSPS) is 12.4. The van der Waals surface area contributed by atoms with E-state index in [1.807, 2.05) is 12.1 Å². The molecule has 0 fully saturated rings. The zero-order chi connectivity index (χ0) is 11.4. The molecule has 82 valence electrons. The van der Waals surface area contributed by atoms with Crippen molar-refractivity contribution in [3.63, 3.8) is 0 Å². The largest absolute Gasteiger partial charge is 0.389 e. The van der Waals surface area contributed by atoms with Gasteiger partial charge in [-0.3, -0.25) is 0 Å². The summed E-state index contributed by atoms with van der Waals surface area (Å²) in [6, 6.07) is 5.48. The lowest BCUT2D eigenvalue weighted by molar-refractivity contribution is 0.199. The van der Waals surface area contributed by atoms with Crippen molar-refractivity contribution in [1.82, 2.24) is 15.0 Å². The van der Waals surface area contributed by atoms with Crippen molar-refractivity contribution in [2.75, 3.05) is 0 Å². The molecule has 0 radical (unpaired) electrons. The van der Waals surface area contributed by atoms with Crippen LogP contribution in [0.4, 0.5) is 0 Å². The van der Waals surface area contributed by atoms with Crippen LogP contribution >= 0.6 is 11.8 Å². The molecule has 0 amide bonds. The van der Waals surface area contributed by atoms with Crippen LogP contribution in [0.15, 0.2) is 47.0 Å². The van der Waals surface area contributed by atoms with Gasteiger partial charge in [-0.05, 0) is 42.4 Å². The number of rotatable bonds is 3. The number of pyridine rings is 1. The Balaban J connectivity index is 2.19. The standard InChI is InChI=1S/C11H11N3OS/c1-8(15)9-2-5-13-11(6-9)16-10-3-4-12-7-14-10/h2-8,15H,1H3/t8-/m0/s1. The van der Waals surface area contributed by atoms with Crippen molar-refractivity contribution in [2.24, 2.45) is 0 Å². The molecular weight excluding hydrogens is 222 g/mol. The van der Waals surface area contributed by atoms with Gasteiger partial charge in [0.25, 0.3) is 0 Å². The van der Waals surface area contributed by atoms with E-state index in [9.17, 15) is 5.11 Å². The van der Waals surface area contributed by atoms with Crippen LogP contribution in [-0.4, -0.2) is 20.1 Å². The van der Waals surface area contributed by atoms with Crippen molar-refractivity contribution in [3.05, 3.63) is 42.5 Å². The molecule has 5 heteroatoms. The molecule has 0 aromatic carbocycles. The van der Waals surface area contributed by atoms with Crippen molar-refractivity contribution in [3.8, 4) is 0 Å². The Labute approximate surface area is 97.8 Å². The van der Waals surface area contributed by atoms with Crippen molar-refractivity contribution in [2.45, 2.75) is 23.1 Å². The van der Waals surface area contributed by atoms with Gasteiger partial charge in [0.15, 0.2) is 0 Å². The Morgan fingerprint density at radius 3 is 2.75 bits per heavy atom. The first kappa shape index (κ1) is 11.0. The number of hydrogen-bond donors (Lipinski definition) is 1. The van der Waals surface area contributed by atoms with Crippen LogP contribution in [0.2, 0.25) is 0 Å². The molecule has 16 heavy (non-hydrogen) atoms. The molecular formula is C11H11N3OS. The molecule has 0 aliphatic rings. The van der Waals surface area contributed by atoms with E-state index in [1.54, 1.807) is 25.4 Å². The summed E-state index contributed by atoms with van der Waals surface area (Å²) in [5, 5.41) is 11.1. The molecule has 2 aromatic rings. The van der Waals surface area contributed by atoms with E-state index >= 15 is 0 Å². The molecule has 4 nitrogen and oxygen atoms in total. The van der Waals surface area contributed by atoms with Gasteiger partial charge < -0.3 is 5.11 Å². The Hall–Kier alpha value is -1.46. The average Bonchev–Trinajstić information content (AvgIpc) is 2.30. The Morgan fingerprint density at radius 1 is 1.19 bits per heavy atom. The summed E-state index contributed by atoms with van der Waals surface area (Å²) in [5.41, 5.74) is 0.853. The molecule has 0 aliphatic carbocycles. The highest BCUT2D eigenvalue weighted by molar-refractivity contribution is 7.99. The van der Waals surface area contributed by atoms with Gasteiger partial charge in [-0.25, -0.2) is 15.0 Å². The number of aliphatic hydroxyl groups is 1. The number of nitrogens with zero attached hydrogens (tertiary/aromatic N) is 3. The maximum absolute atomic E-state index is 9.45. The van der Waals surface area contributed by atoms with Gasteiger partial charge in [0, 0.05) is 12.4 Å². The molecule has 0 spiro atoms. The number of hydrogen-bond acceptors (Lipinski definition) is 5. The van der Waals surface area contributed by atoms with E-state index in [0.717, 1.165) is 15.6 Å². The minimum absolute atomic E-state index is 0.479. The van der Waals surface area contributed by atoms with Crippen LogP contribution in [0.3, 0.4) is 0 Å². The number of aromatic nitrogens is 3. The van der Waals surface area contributed by atoms with Crippen molar-refractivity contribution in [1.29, 1.82) is 0 Å². The predicted octanol–water partition coefficient (Wildman–Crippen LogP) is 2.08. The summed E-state index contributed by atoms with van der Waals surface area (Å²) in [6.07, 6.45) is 4.40. The maximum atomic E-state index is 9.45. The van der Waals surface area contributed by atoms with Gasteiger partial charge in [0.1, 0.15) is 16.4 Å². The third kappa shape index (κ3) is 2.77. The third-order valence-corrected chi connectivity index (χ3v) is 2.89. The monoisotopic (exact) mass is 233 g/mol. The Morgan fingerprint density at radius 2 is 2.06 bits per heavy atom. The van der Waals surface area contributed by atoms with E-state index < -0.39 is 6.10 Å². The summed E-state index contributed by atoms with van der Waals surface area (Å²) in [5.74, 6) is 0.